The highest BCUT2D eigenvalue weighted by Crippen LogP contribution is 2.30. The average molecular weight is 436 g/mol. The molecule has 9 nitrogen and oxygen atoms in total. The molecule has 0 fully saturated rings. The van der Waals surface area contributed by atoms with E-state index in [1.807, 2.05) is 6.92 Å². The van der Waals surface area contributed by atoms with E-state index in [2.05, 4.69) is 15.4 Å². The van der Waals surface area contributed by atoms with Gasteiger partial charge >= 0.3 is 5.97 Å². The molecule has 0 bridgehead atoms. The van der Waals surface area contributed by atoms with E-state index in [1.54, 1.807) is 19.1 Å². The molecule has 0 saturated heterocycles. The van der Waals surface area contributed by atoms with Crippen LogP contribution in [0.2, 0.25) is 0 Å². The molecule has 0 aromatic heterocycles. The number of ether oxygens (including phenoxy) is 2. The van der Waals surface area contributed by atoms with Crippen molar-refractivity contribution in [2.24, 2.45) is 0 Å². The molecule has 0 radical (unpaired) electrons. The van der Waals surface area contributed by atoms with Crippen molar-refractivity contribution in [2.45, 2.75) is 25.7 Å². The first-order chi connectivity index (χ1) is 14.2. The van der Waals surface area contributed by atoms with Crippen molar-refractivity contribution in [1.82, 2.24) is 0 Å². The van der Waals surface area contributed by atoms with Crippen LogP contribution in [0.25, 0.3) is 0 Å². The highest BCUT2D eigenvalue weighted by atomic mass is 32.2. The summed E-state index contributed by atoms with van der Waals surface area (Å²) in [5.74, 6) is -0.604. The number of amides is 1. The zero-order chi connectivity index (χ0) is 22.3. The SMILES string of the molecule is CCNc1ccc(C(=O)OCC)cc1NS(=O)(=O)c1ccc(OC)c(NC(C)=O)c1. The van der Waals surface area contributed by atoms with Gasteiger partial charge in [0.05, 0.1) is 41.2 Å². The summed E-state index contributed by atoms with van der Waals surface area (Å²) in [4.78, 5) is 23.4. The molecule has 2 rings (SSSR count). The fraction of sp³-hybridized carbons (Fsp3) is 0.300. The van der Waals surface area contributed by atoms with Gasteiger partial charge < -0.3 is 20.1 Å². The van der Waals surface area contributed by atoms with Gasteiger partial charge in [0.1, 0.15) is 5.75 Å². The highest BCUT2D eigenvalue weighted by molar-refractivity contribution is 7.92. The monoisotopic (exact) mass is 435 g/mol. The maximum absolute atomic E-state index is 13.0. The summed E-state index contributed by atoms with van der Waals surface area (Å²) in [6.07, 6.45) is 0. The molecular formula is C20H25N3O6S. The average Bonchev–Trinajstić information content (AvgIpc) is 2.69. The Kier molecular flexibility index (Phi) is 7.65. The number of hydrogen-bond donors (Lipinski definition) is 3. The Morgan fingerprint density at radius 2 is 1.73 bits per heavy atom. The molecule has 0 unspecified atom stereocenters. The highest BCUT2D eigenvalue weighted by Gasteiger charge is 2.20. The number of carbonyl (C=O) groups excluding carboxylic acids is 2. The van der Waals surface area contributed by atoms with Crippen LogP contribution < -0.4 is 20.1 Å². The largest absolute Gasteiger partial charge is 0.495 e. The second-order valence-corrected chi connectivity index (χ2v) is 7.84. The normalized spacial score (nSPS) is 10.8. The van der Waals surface area contributed by atoms with Gasteiger partial charge in [-0.2, -0.15) is 0 Å². The van der Waals surface area contributed by atoms with Gasteiger partial charge in [-0.05, 0) is 50.2 Å². The van der Waals surface area contributed by atoms with Crippen LogP contribution in [0.15, 0.2) is 41.3 Å². The Bertz CT molecular complexity index is 1040. The minimum atomic E-state index is -4.04. The van der Waals surface area contributed by atoms with Crippen molar-refractivity contribution >= 4 is 39.0 Å². The number of benzene rings is 2. The molecule has 1 amide bonds. The number of nitrogens with one attached hydrogen (secondary N) is 3. The molecule has 0 aliphatic heterocycles. The van der Waals surface area contributed by atoms with Crippen LogP contribution in [0.4, 0.5) is 17.1 Å². The summed E-state index contributed by atoms with van der Waals surface area (Å²) in [5.41, 5.74) is 1.13. The molecule has 0 saturated carbocycles. The predicted octanol–water partition coefficient (Wildman–Crippen LogP) is 3.06. The Balaban J connectivity index is 2.45. The zero-order valence-corrected chi connectivity index (χ0v) is 18.1. The predicted molar refractivity (Wildman–Crippen MR) is 115 cm³/mol. The van der Waals surface area contributed by atoms with Gasteiger partial charge in [0.25, 0.3) is 10.0 Å². The van der Waals surface area contributed by atoms with Gasteiger partial charge in [0.2, 0.25) is 5.91 Å². The molecule has 0 atom stereocenters. The van der Waals surface area contributed by atoms with Gasteiger partial charge in [-0.3, -0.25) is 9.52 Å². The van der Waals surface area contributed by atoms with Crippen LogP contribution in [0.3, 0.4) is 0 Å². The Morgan fingerprint density at radius 3 is 2.33 bits per heavy atom. The summed E-state index contributed by atoms with van der Waals surface area (Å²) in [5, 5.41) is 5.59. The third-order valence-corrected chi connectivity index (χ3v) is 5.30. The van der Waals surface area contributed by atoms with Crippen LogP contribution in [-0.2, 0) is 19.6 Å². The van der Waals surface area contributed by atoms with E-state index in [-0.39, 0.29) is 34.3 Å². The van der Waals surface area contributed by atoms with Crippen LogP contribution in [0.1, 0.15) is 31.1 Å². The molecule has 3 N–H and O–H groups in total. The van der Waals surface area contributed by atoms with E-state index in [9.17, 15) is 18.0 Å². The van der Waals surface area contributed by atoms with Crippen LogP contribution in [0, 0.1) is 0 Å². The van der Waals surface area contributed by atoms with E-state index in [0.29, 0.717) is 18.0 Å². The number of carbonyl (C=O) groups is 2. The maximum Gasteiger partial charge on any atom is 0.338 e. The molecular weight excluding hydrogens is 410 g/mol. The summed E-state index contributed by atoms with van der Waals surface area (Å²) in [6.45, 7) is 5.60. The fourth-order valence-electron chi connectivity index (χ4n) is 2.66. The topological polar surface area (TPSA) is 123 Å². The van der Waals surface area contributed by atoms with Gasteiger partial charge in [-0.1, -0.05) is 0 Å². The number of rotatable bonds is 9. The van der Waals surface area contributed by atoms with E-state index >= 15 is 0 Å². The van der Waals surface area contributed by atoms with Gasteiger partial charge in [0, 0.05) is 13.5 Å². The fourth-order valence-corrected chi connectivity index (χ4v) is 3.76. The van der Waals surface area contributed by atoms with Crippen molar-refractivity contribution in [2.75, 3.05) is 35.6 Å². The van der Waals surface area contributed by atoms with Crippen molar-refractivity contribution in [3.8, 4) is 5.75 Å². The van der Waals surface area contributed by atoms with Gasteiger partial charge in [-0.15, -0.1) is 0 Å². The first-order valence-electron chi connectivity index (χ1n) is 9.25. The first-order valence-corrected chi connectivity index (χ1v) is 10.7. The minimum Gasteiger partial charge on any atom is -0.495 e. The Labute approximate surface area is 175 Å². The van der Waals surface area contributed by atoms with Gasteiger partial charge in [0.15, 0.2) is 0 Å². The minimum absolute atomic E-state index is 0.0870. The number of esters is 1. The van der Waals surface area contributed by atoms with E-state index in [0.717, 1.165) is 0 Å². The van der Waals surface area contributed by atoms with Crippen molar-refractivity contribution in [3.63, 3.8) is 0 Å². The van der Waals surface area contributed by atoms with E-state index < -0.39 is 16.0 Å². The molecule has 0 aliphatic carbocycles. The third-order valence-electron chi connectivity index (χ3n) is 3.93. The lowest BCUT2D eigenvalue weighted by atomic mass is 10.1. The summed E-state index contributed by atoms with van der Waals surface area (Å²) < 4.78 is 38.6. The molecule has 0 aliphatic rings. The number of anilines is 3. The Hall–Kier alpha value is -3.27. The number of hydrogen-bond acceptors (Lipinski definition) is 7. The smallest absolute Gasteiger partial charge is 0.338 e. The molecule has 0 heterocycles. The summed E-state index contributed by atoms with van der Waals surface area (Å²) >= 11 is 0. The van der Waals surface area contributed by atoms with Crippen molar-refractivity contribution in [1.29, 1.82) is 0 Å². The second-order valence-electron chi connectivity index (χ2n) is 6.16. The quantitative estimate of drug-likeness (QED) is 0.517. The summed E-state index contributed by atoms with van der Waals surface area (Å²) in [7, 11) is -2.63. The lowest BCUT2D eigenvalue weighted by Crippen LogP contribution is -2.16. The molecule has 10 heteroatoms. The Morgan fingerprint density at radius 1 is 1.00 bits per heavy atom. The van der Waals surface area contributed by atoms with Crippen LogP contribution >= 0.6 is 0 Å². The molecule has 0 spiro atoms. The molecule has 2 aromatic rings. The third kappa shape index (κ3) is 5.63. The lowest BCUT2D eigenvalue weighted by Gasteiger charge is -2.16. The first kappa shape index (κ1) is 23.0. The van der Waals surface area contributed by atoms with Crippen molar-refractivity contribution < 1.29 is 27.5 Å². The maximum atomic E-state index is 13.0. The van der Waals surface area contributed by atoms with E-state index in [1.165, 1.54) is 38.3 Å². The van der Waals surface area contributed by atoms with Crippen LogP contribution in [0.5, 0.6) is 5.75 Å². The number of methoxy groups -OCH3 is 1. The standard InChI is InChI=1S/C20H25N3O6S/c1-5-21-16-9-7-14(20(25)29-6-2)11-17(16)23-30(26,27)15-8-10-19(28-4)18(12-15)22-13(3)24/h7-12,21,23H,5-6H2,1-4H3,(H,22,24). The zero-order valence-electron chi connectivity index (χ0n) is 17.2. The van der Waals surface area contributed by atoms with Crippen molar-refractivity contribution in [3.05, 3.63) is 42.0 Å². The second kappa shape index (κ2) is 9.97. The molecule has 2 aromatic carbocycles. The van der Waals surface area contributed by atoms with Crippen LogP contribution in [-0.4, -0.2) is 40.6 Å². The summed E-state index contributed by atoms with van der Waals surface area (Å²) in [6, 6.07) is 8.66. The lowest BCUT2D eigenvalue weighted by molar-refractivity contribution is -0.114. The molecule has 162 valence electrons. The number of sulfonamides is 1. The molecule has 30 heavy (non-hydrogen) atoms. The van der Waals surface area contributed by atoms with E-state index in [4.69, 9.17) is 9.47 Å². The van der Waals surface area contributed by atoms with Gasteiger partial charge in [-0.25, -0.2) is 13.2 Å².